The molecule has 1 aliphatic carbocycles. The minimum atomic E-state index is -3.44. The van der Waals surface area contributed by atoms with E-state index in [1.54, 1.807) is 18.2 Å². The summed E-state index contributed by atoms with van der Waals surface area (Å²) in [7, 11) is -3.44. The molecular formula is C13H16Cl2N4O3S. The fourth-order valence-electron chi connectivity index (χ4n) is 2.30. The summed E-state index contributed by atoms with van der Waals surface area (Å²) in [5.41, 5.74) is 6.35. The normalized spacial score (nSPS) is 16.3. The average molecular weight is 379 g/mol. The number of hydrogen-bond acceptors (Lipinski definition) is 6. The van der Waals surface area contributed by atoms with Crippen LogP contribution < -0.4 is 10.5 Å². The third-order valence-corrected chi connectivity index (χ3v) is 4.45. The molecule has 0 atom stereocenters. The molecule has 0 aliphatic heterocycles. The van der Waals surface area contributed by atoms with Crippen molar-refractivity contribution in [3.8, 4) is 11.5 Å². The molecule has 0 saturated heterocycles. The van der Waals surface area contributed by atoms with Gasteiger partial charge in [0.2, 0.25) is 10.0 Å². The predicted molar refractivity (Wildman–Crippen MR) is 90.2 cm³/mol. The Morgan fingerprint density at radius 3 is 2.65 bits per heavy atom. The predicted octanol–water partition coefficient (Wildman–Crippen LogP) is 2.52. The Morgan fingerprint density at radius 2 is 2.09 bits per heavy atom. The van der Waals surface area contributed by atoms with Crippen molar-refractivity contribution in [1.82, 2.24) is 10.1 Å². The molecule has 1 aromatic heterocycles. The van der Waals surface area contributed by atoms with Crippen LogP contribution >= 0.6 is 24.0 Å². The van der Waals surface area contributed by atoms with Gasteiger partial charge in [-0.2, -0.15) is 4.98 Å². The Labute approximate surface area is 145 Å². The van der Waals surface area contributed by atoms with Gasteiger partial charge in [-0.1, -0.05) is 16.8 Å². The van der Waals surface area contributed by atoms with Gasteiger partial charge in [-0.25, -0.2) is 8.42 Å². The van der Waals surface area contributed by atoms with E-state index in [1.165, 1.54) is 0 Å². The molecule has 3 rings (SSSR count). The standard InChI is InChI=1S/C13H15ClN4O3S.ClH/c1-22(19,20)18-10-4-3-8(14)7-9(10)11-16-12(17-21-11)13(15)5-2-6-13;/h3-4,7,18H,2,5-6,15H2,1H3;1H. The zero-order chi connectivity index (χ0) is 16.0. The van der Waals surface area contributed by atoms with E-state index >= 15 is 0 Å². The zero-order valence-corrected chi connectivity index (χ0v) is 14.6. The largest absolute Gasteiger partial charge is 0.334 e. The number of aromatic nitrogens is 2. The van der Waals surface area contributed by atoms with Gasteiger partial charge in [-0.05, 0) is 37.5 Å². The zero-order valence-electron chi connectivity index (χ0n) is 12.2. The van der Waals surface area contributed by atoms with Crippen LogP contribution in [0.15, 0.2) is 22.7 Å². The van der Waals surface area contributed by atoms with Crippen molar-refractivity contribution in [2.24, 2.45) is 5.73 Å². The fourth-order valence-corrected chi connectivity index (χ4v) is 3.05. The second-order valence-electron chi connectivity index (χ2n) is 5.50. The van der Waals surface area contributed by atoms with Crippen LogP contribution in [0.1, 0.15) is 25.1 Å². The molecule has 0 radical (unpaired) electrons. The Kier molecular flexibility index (Phi) is 4.91. The number of nitrogens with one attached hydrogen (secondary N) is 1. The number of rotatable bonds is 4. The first kappa shape index (κ1) is 18.0. The summed E-state index contributed by atoms with van der Waals surface area (Å²) < 4.78 is 30.6. The van der Waals surface area contributed by atoms with E-state index in [2.05, 4.69) is 14.9 Å². The minimum Gasteiger partial charge on any atom is -0.334 e. The quantitative estimate of drug-likeness (QED) is 0.845. The molecule has 1 aliphatic rings. The van der Waals surface area contributed by atoms with Gasteiger partial charge in [0, 0.05) is 5.02 Å². The van der Waals surface area contributed by atoms with Gasteiger partial charge in [0.1, 0.15) is 0 Å². The molecule has 0 unspecified atom stereocenters. The molecule has 0 amide bonds. The molecule has 1 heterocycles. The Bertz CT molecular complexity index is 818. The van der Waals surface area contributed by atoms with Crippen LogP contribution in [0.2, 0.25) is 5.02 Å². The topological polar surface area (TPSA) is 111 Å². The third-order valence-electron chi connectivity index (χ3n) is 3.62. The summed E-state index contributed by atoms with van der Waals surface area (Å²) in [6.45, 7) is 0. The van der Waals surface area contributed by atoms with Gasteiger partial charge >= 0.3 is 0 Å². The van der Waals surface area contributed by atoms with E-state index in [-0.39, 0.29) is 18.3 Å². The second-order valence-corrected chi connectivity index (χ2v) is 7.68. The summed E-state index contributed by atoms with van der Waals surface area (Å²) in [5, 5.41) is 4.35. The van der Waals surface area contributed by atoms with Crippen LogP contribution in [0.5, 0.6) is 0 Å². The SMILES string of the molecule is CS(=O)(=O)Nc1ccc(Cl)cc1-c1nc(C2(N)CCC2)no1.Cl. The van der Waals surface area contributed by atoms with Crippen LogP contribution in [-0.2, 0) is 15.6 Å². The molecule has 2 aromatic rings. The highest BCUT2D eigenvalue weighted by molar-refractivity contribution is 7.92. The summed E-state index contributed by atoms with van der Waals surface area (Å²) in [6, 6.07) is 4.69. The number of nitrogens with zero attached hydrogens (tertiary/aromatic N) is 2. The first-order chi connectivity index (χ1) is 10.3. The molecule has 1 fully saturated rings. The van der Waals surface area contributed by atoms with Gasteiger partial charge in [0.15, 0.2) is 5.82 Å². The van der Waals surface area contributed by atoms with E-state index in [0.29, 0.717) is 22.1 Å². The first-order valence-electron chi connectivity index (χ1n) is 6.68. The Morgan fingerprint density at radius 1 is 1.39 bits per heavy atom. The molecule has 1 aromatic carbocycles. The molecule has 3 N–H and O–H groups in total. The number of anilines is 1. The maximum atomic E-state index is 11.5. The van der Waals surface area contributed by atoms with Crippen molar-refractivity contribution in [3.63, 3.8) is 0 Å². The third kappa shape index (κ3) is 3.77. The van der Waals surface area contributed by atoms with Crippen molar-refractivity contribution in [3.05, 3.63) is 29.0 Å². The number of benzene rings is 1. The lowest BCUT2D eigenvalue weighted by Gasteiger charge is -2.34. The molecule has 1 saturated carbocycles. The van der Waals surface area contributed by atoms with E-state index < -0.39 is 15.6 Å². The van der Waals surface area contributed by atoms with Gasteiger partial charge in [0.25, 0.3) is 5.89 Å². The Hall–Kier alpha value is -1.35. The van der Waals surface area contributed by atoms with Crippen LogP contribution in [0.4, 0.5) is 5.69 Å². The van der Waals surface area contributed by atoms with Crippen LogP contribution in [-0.4, -0.2) is 24.8 Å². The molecule has 7 nitrogen and oxygen atoms in total. The van der Waals surface area contributed by atoms with Crippen molar-refractivity contribution in [2.45, 2.75) is 24.8 Å². The number of hydrogen-bond donors (Lipinski definition) is 2. The van der Waals surface area contributed by atoms with Crippen LogP contribution in [0.3, 0.4) is 0 Å². The maximum Gasteiger partial charge on any atom is 0.260 e. The summed E-state index contributed by atoms with van der Waals surface area (Å²) in [4.78, 5) is 4.31. The van der Waals surface area contributed by atoms with Gasteiger partial charge in [-0.3, -0.25) is 4.72 Å². The first-order valence-corrected chi connectivity index (χ1v) is 8.95. The summed E-state index contributed by atoms with van der Waals surface area (Å²) >= 11 is 5.98. The lowest BCUT2D eigenvalue weighted by Crippen LogP contribution is -2.44. The molecular weight excluding hydrogens is 363 g/mol. The maximum absolute atomic E-state index is 11.5. The second kappa shape index (κ2) is 6.27. The van der Waals surface area contributed by atoms with E-state index in [4.69, 9.17) is 21.9 Å². The number of halogens is 2. The molecule has 0 spiro atoms. The summed E-state index contributed by atoms with van der Waals surface area (Å²) in [6.07, 6.45) is 3.69. The van der Waals surface area contributed by atoms with E-state index in [1.807, 2.05) is 0 Å². The lowest BCUT2D eigenvalue weighted by atomic mass is 9.77. The lowest BCUT2D eigenvalue weighted by molar-refractivity contribution is 0.229. The van der Waals surface area contributed by atoms with Gasteiger partial charge < -0.3 is 10.3 Å². The van der Waals surface area contributed by atoms with E-state index in [9.17, 15) is 8.42 Å². The Balaban J connectivity index is 0.00000192. The van der Waals surface area contributed by atoms with Crippen molar-refractivity contribution in [1.29, 1.82) is 0 Å². The fraction of sp³-hybridized carbons (Fsp3) is 0.385. The van der Waals surface area contributed by atoms with Crippen molar-refractivity contribution >= 4 is 39.7 Å². The molecule has 23 heavy (non-hydrogen) atoms. The highest BCUT2D eigenvalue weighted by Crippen LogP contribution is 2.38. The number of nitrogens with two attached hydrogens (primary N) is 1. The highest BCUT2D eigenvalue weighted by atomic mass is 35.5. The summed E-state index contributed by atoms with van der Waals surface area (Å²) in [5.74, 6) is 0.611. The van der Waals surface area contributed by atoms with E-state index in [0.717, 1.165) is 25.5 Å². The van der Waals surface area contributed by atoms with Gasteiger partial charge in [-0.15, -0.1) is 12.4 Å². The smallest absolute Gasteiger partial charge is 0.260 e. The highest BCUT2D eigenvalue weighted by Gasteiger charge is 2.39. The van der Waals surface area contributed by atoms with Crippen LogP contribution in [0.25, 0.3) is 11.5 Å². The van der Waals surface area contributed by atoms with Crippen LogP contribution in [0, 0.1) is 0 Å². The van der Waals surface area contributed by atoms with Gasteiger partial charge in [0.05, 0.1) is 23.0 Å². The average Bonchev–Trinajstić information content (AvgIpc) is 2.86. The van der Waals surface area contributed by atoms with Crippen molar-refractivity contribution in [2.75, 3.05) is 11.0 Å². The minimum absolute atomic E-state index is 0. The number of sulfonamides is 1. The molecule has 126 valence electrons. The van der Waals surface area contributed by atoms with Crippen molar-refractivity contribution < 1.29 is 12.9 Å². The molecule has 0 bridgehead atoms. The molecule has 10 heteroatoms. The monoisotopic (exact) mass is 378 g/mol.